The third-order valence-electron chi connectivity index (χ3n) is 4.41. The molecule has 1 aliphatic rings. The number of fused-ring (bicyclic) bond motifs is 1. The van der Waals surface area contributed by atoms with Gasteiger partial charge in [0.15, 0.2) is 4.96 Å². The molecule has 1 fully saturated rings. The van der Waals surface area contributed by atoms with Gasteiger partial charge in [-0.3, -0.25) is 9.20 Å². The van der Waals surface area contributed by atoms with Crippen LogP contribution in [0, 0.1) is 6.92 Å². The standard InChI is InChI=1S/C16H17N3OS2/c1-11-10-22-16-17-12(8-15(20)19(11)16)9-18-6-2-4-13(18)14-5-3-7-21-14/h3,5,7-8,10,13H,2,4,6,9H2,1H3/p+1/t13-/m0/s1. The number of likely N-dealkylation sites (tertiary alicyclic amines) is 1. The SMILES string of the molecule is Cc1csc2nc(C[NH+]3CCC[C@H]3c3cccs3)cc(=O)n12. The van der Waals surface area contributed by atoms with Crippen molar-refractivity contribution in [3.8, 4) is 0 Å². The molecule has 0 aromatic carbocycles. The molecule has 4 nitrogen and oxygen atoms in total. The lowest BCUT2D eigenvalue weighted by Crippen LogP contribution is -3.08. The molecule has 1 N–H and O–H groups in total. The molecule has 6 heteroatoms. The van der Waals surface area contributed by atoms with Gasteiger partial charge in [-0.1, -0.05) is 6.07 Å². The van der Waals surface area contributed by atoms with Crippen molar-refractivity contribution in [2.75, 3.05) is 6.54 Å². The van der Waals surface area contributed by atoms with Crippen LogP contribution >= 0.6 is 22.7 Å². The van der Waals surface area contributed by atoms with Gasteiger partial charge in [-0.15, -0.1) is 22.7 Å². The van der Waals surface area contributed by atoms with Crippen molar-refractivity contribution < 1.29 is 4.90 Å². The van der Waals surface area contributed by atoms with Crippen molar-refractivity contribution in [1.29, 1.82) is 0 Å². The van der Waals surface area contributed by atoms with Crippen LogP contribution in [0.15, 0.2) is 33.8 Å². The molecule has 4 rings (SSSR count). The van der Waals surface area contributed by atoms with Gasteiger partial charge in [-0.25, -0.2) is 4.98 Å². The smallest absolute Gasteiger partial charge is 0.259 e. The highest BCUT2D eigenvalue weighted by Crippen LogP contribution is 2.23. The van der Waals surface area contributed by atoms with Gasteiger partial charge < -0.3 is 4.90 Å². The zero-order chi connectivity index (χ0) is 15.1. The van der Waals surface area contributed by atoms with Gasteiger partial charge in [0, 0.05) is 30.0 Å². The Morgan fingerprint density at radius 3 is 3.18 bits per heavy atom. The van der Waals surface area contributed by atoms with Crippen LogP contribution < -0.4 is 10.5 Å². The van der Waals surface area contributed by atoms with E-state index >= 15 is 0 Å². The first-order valence-electron chi connectivity index (χ1n) is 7.57. The lowest BCUT2D eigenvalue weighted by Gasteiger charge is -2.20. The fourth-order valence-electron chi connectivity index (χ4n) is 3.38. The summed E-state index contributed by atoms with van der Waals surface area (Å²) >= 11 is 3.38. The average Bonchev–Trinajstić information content (AvgIpc) is 3.19. The molecule has 0 aliphatic carbocycles. The van der Waals surface area contributed by atoms with Gasteiger partial charge in [0.25, 0.3) is 5.56 Å². The summed E-state index contributed by atoms with van der Waals surface area (Å²) in [6, 6.07) is 6.63. The Labute approximate surface area is 136 Å². The molecule has 1 unspecified atom stereocenters. The predicted molar refractivity (Wildman–Crippen MR) is 89.9 cm³/mol. The number of thiophene rings is 1. The van der Waals surface area contributed by atoms with Gasteiger partial charge in [0.2, 0.25) is 0 Å². The van der Waals surface area contributed by atoms with Crippen molar-refractivity contribution in [2.24, 2.45) is 0 Å². The maximum Gasteiger partial charge on any atom is 0.259 e. The lowest BCUT2D eigenvalue weighted by molar-refractivity contribution is -0.932. The van der Waals surface area contributed by atoms with Crippen LogP contribution in [0.4, 0.5) is 0 Å². The number of hydrogen-bond acceptors (Lipinski definition) is 4. The Kier molecular flexibility index (Phi) is 3.60. The molecule has 1 saturated heterocycles. The van der Waals surface area contributed by atoms with Crippen LogP contribution in [-0.2, 0) is 6.54 Å². The Bertz CT molecular complexity index is 850. The zero-order valence-corrected chi connectivity index (χ0v) is 14.0. The van der Waals surface area contributed by atoms with Crippen LogP contribution in [0.2, 0.25) is 0 Å². The lowest BCUT2D eigenvalue weighted by atomic mass is 10.2. The molecule has 0 bridgehead atoms. The summed E-state index contributed by atoms with van der Waals surface area (Å²) in [5.74, 6) is 0. The largest absolute Gasteiger partial charge is 0.323 e. The molecule has 114 valence electrons. The molecule has 1 aliphatic heterocycles. The molecule has 0 saturated carbocycles. The van der Waals surface area contributed by atoms with Crippen molar-refractivity contribution >= 4 is 27.6 Å². The second-order valence-electron chi connectivity index (χ2n) is 5.88. The number of aryl methyl sites for hydroxylation is 1. The third kappa shape index (κ3) is 2.41. The van der Waals surface area contributed by atoms with Crippen LogP contribution in [0.5, 0.6) is 0 Å². The number of aromatic nitrogens is 2. The summed E-state index contributed by atoms with van der Waals surface area (Å²) in [6.45, 7) is 3.95. The predicted octanol–water partition coefficient (Wildman–Crippen LogP) is 2.05. The van der Waals surface area contributed by atoms with Gasteiger partial charge in [-0.2, -0.15) is 0 Å². The van der Waals surface area contributed by atoms with E-state index in [0.717, 1.165) is 29.4 Å². The first kappa shape index (κ1) is 14.1. The van der Waals surface area contributed by atoms with E-state index in [1.54, 1.807) is 21.8 Å². The molecule has 3 aromatic heterocycles. The number of rotatable bonds is 3. The molecule has 0 radical (unpaired) electrons. The van der Waals surface area contributed by atoms with E-state index in [1.807, 2.05) is 23.6 Å². The fraction of sp³-hybridized carbons (Fsp3) is 0.375. The Balaban J connectivity index is 1.64. The summed E-state index contributed by atoms with van der Waals surface area (Å²) in [7, 11) is 0. The second-order valence-corrected chi connectivity index (χ2v) is 7.69. The van der Waals surface area contributed by atoms with Crippen molar-refractivity contribution in [3.63, 3.8) is 0 Å². The first-order chi connectivity index (χ1) is 10.7. The van der Waals surface area contributed by atoms with Gasteiger partial charge in [0.1, 0.15) is 18.3 Å². The van der Waals surface area contributed by atoms with Crippen LogP contribution in [0.1, 0.15) is 35.1 Å². The van der Waals surface area contributed by atoms with Crippen molar-refractivity contribution in [1.82, 2.24) is 9.38 Å². The van der Waals surface area contributed by atoms with E-state index in [2.05, 4.69) is 17.5 Å². The number of hydrogen-bond donors (Lipinski definition) is 1. The fourth-order valence-corrected chi connectivity index (χ4v) is 5.19. The number of thiazole rings is 1. The number of quaternary nitrogens is 1. The zero-order valence-electron chi connectivity index (χ0n) is 12.4. The highest BCUT2D eigenvalue weighted by Gasteiger charge is 2.31. The minimum atomic E-state index is 0.0463. The van der Waals surface area contributed by atoms with E-state index < -0.39 is 0 Å². The summed E-state index contributed by atoms with van der Waals surface area (Å²) in [5.41, 5.74) is 1.93. The minimum Gasteiger partial charge on any atom is -0.323 e. The summed E-state index contributed by atoms with van der Waals surface area (Å²) < 4.78 is 1.70. The molecule has 2 atom stereocenters. The number of nitrogens with zero attached hydrogens (tertiary/aromatic N) is 2. The van der Waals surface area contributed by atoms with Crippen molar-refractivity contribution in [3.05, 3.63) is 55.6 Å². The van der Waals surface area contributed by atoms with Crippen LogP contribution in [-0.4, -0.2) is 15.9 Å². The van der Waals surface area contributed by atoms with E-state index in [-0.39, 0.29) is 5.56 Å². The minimum absolute atomic E-state index is 0.0463. The summed E-state index contributed by atoms with van der Waals surface area (Å²) in [5, 5.41) is 4.14. The highest BCUT2D eigenvalue weighted by atomic mass is 32.1. The molecule has 3 aromatic rings. The molecular weight excluding hydrogens is 314 g/mol. The van der Waals surface area contributed by atoms with Crippen LogP contribution in [0.3, 0.4) is 0 Å². The Morgan fingerprint density at radius 1 is 1.45 bits per heavy atom. The molecule has 22 heavy (non-hydrogen) atoms. The van der Waals surface area contributed by atoms with Gasteiger partial charge in [-0.05, 0) is 18.4 Å². The monoisotopic (exact) mass is 332 g/mol. The number of nitrogens with one attached hydrogen (secondary N) is 1. The average molecular weight is 332 g/mol. The topological polar surface area (TPSA) is 38.8 Å². The van der Waals surface area contributed by atoms with Crippen molar-refractivity contribution in [2.45, 2.75) is 32.4 Å². The van der Waals surface area contributed by atoms with E-state index in [0.29, 0.717) is 6.04 Å². The Hall–Kier alpha value is -1.50. The third-order valence-corrected chi connectivity index (χ3v) is 6.34. The van der Waals surface area contributed by atoms with Crippen LogP contribution in [0.25, 0.3) is 4.96 Å². The van der Waals surface area contributed by atoms with Gasteiger partial charge >= 0.3 is 0 Å². The van der Waals surface area contributed by atoms with E-state index in [9.17, 15) is 4.79 Å². The molecule has 0 spiro atoms. The van der Waals surface area contributed by atoms with E-state index in [1.165, 1.54) is 22.6 Å². The first-order valence-corrected chi connectivity index (χ1v) is 9.33. The highest BCUT2D eigenvalue weighted by molar-refractivity contribution is 7.15. The Morgan fingerprint density at radius 2 is 2.36 bits per heavy atom. The maximum atomic E-state index is 12.3. The molecule has 4 heterocycles. The molecular formula is C16H18N3OS2+. The maximum absolute atomic E-state index is 12.3. The quantitative estimate of drug-likeness (QED) is 0.797. The normalized spacial score (nSPS) is 21.7. The molecule has 0 amide bonds. The summed E-state index contributed by atoms with van der Waals surface area (Å²) in [6.07, 6.45) is 2.48. The van der Waals surface area contributed by atoms with E-state index in [4.69, 9.17) is 4.98 Å². The summed E-state index contributed by atoms with van der Waals surface area (Å²) in [4.78, 5) is 20.8. The second kappa shape index (κ2) is 5.61. The van der Waals surface area contributed by atoms with Gasteiger partial charge in [0.05, 0.1) is 11.4 Å².